The van der Waals surface area contributed by atoms with Gasteiger partial charge in [0.1, 0.15) is 11.4 Å². The van der Waals surface area contributed by atoms with Crippen LogP contribution in [0.3, 0.4) is 0 Å². The number of halogens is 1. The molecule has 0 spiro atoms. The summed E-state index contributed by atoms with van der Waals surface area (Å²) in [6.45, 7) is 4.22. The molecule has 3 aromatic rings. The van der Waals surface area contributed by atoms with E-state index in [-0.39, 0.29) is 15.5 Å². The first-order valence-electron chi connectivity index (χ1n) is 12.7. The Morgan fingerprint density at radius 2 is 1.38 bits per heavy atom. The minimum absolute atomic E-state index is 0.0634. The molecule has 0 atom stereocenters. The van der Waals surface area contributed by atoms with E-state index in [1.54, 1.807) is 31.4 Å². The Balaban J connectivity index is 1.29. The van der Waals surface area contributed by atoms with Gasteiger partial charge in [-0.2, -0.15) is 4.31 Å². The van der Waals surface area contributed by atoms with Gasteiger partial charge in [0.05, 0.1) is 22.6 Å². The fraction of sp³-hybridized carbons (Fsp3) is 0.333. The number of nitrogens with zero attached hydrogens (tertiary/aromatic N) is 5. The van der Waals surface area contributed by atoms with Crippen molar-refractivity contribution in [3.63, 3.8) is 0 Å². The maximum atomic E-state index is 13.1. The largest absolute Gasteiger partial charge is 0.495 e. The van der Waals surface area contributed by atoms with Gasteiger partial charge in [-0.05, 0) is 48.5 Å². The van der Waals surface area contributed by atoms with Gasteiger partial charge >= 0.3 is 0 Å². The highest BCUT2D eigenvalue weighted by Gasteiger charge is 2.30. The molecule has 5 rings (SSSR count). The van der Waals surface area contributed by atoms with Crippen LogP contribution in [0.4, 0.5) is 22.7 Å². The Morgan fingerprint density at radius 1 is 0.795 bits per heavy atom. The second-order valence-electron chi connectivity index (χ2n) is 9.42. The number of anilines is 3. The number of para-hydroxylation sites is 2. The second-order valence-corrected chi connectivity index (χ2v) is 11.8. The zero-order chi connectivity index (χ0) is 27.6. The van der Waals surface area contributed by atoms with E-state index < -0.39 is 10.0 Å². The third-order valence-electron chi connectivity index (χ3n) is 7.26. The lowest BCUT2D eigenvalue weighted by Gasteiger charge is -2.38. The molecule has 39 heavy (non-hydrogen) atoms. The summed E-state index contributed by atoms with van der Waals surface area (Å²) in [4.78, 5) is 18.1. The lowest BCUT2D eigenvalue weighted by Crippen LogP contribution is -2.49. The summed E-state index contributed by atoms with van der Waals surface area (Å²) < 4.78 is 33.1. The third-order valence-corrected chi connectivity index (χ3v) is 9.42. The van der Waals surface area contributed by atoms with Crippen LogP contribution in [0.2, 0.25) is 5.02 Å². The highest BCUT2D eigenvalue weighted by Crippen LogP contribution is 2.35. The standard InChI is InChI=1S/C27H30ClN5O5S/c1-38-27-5-3-2-4-25(27)30-12-14-31(15-13-30)26-20-22(8-11-24(26)33(34)35)29-16-18-32(19-17-29)39(36,37)23-9-6-21(28)7-10-23/h2-11,20H,12-19H2,1H3. The first kappa shape index (κ1) is 27.0. The van der Waals surface area contributed by atoms with Crippen LogP contribution in [0, 0.1) is 10.1 Å². The number of benzene rings is 3. The van der Waals surface area contributed by atoms with Gasteiger partial charge in [-0.3, -0.25) is 10.1 Å². The molecule has 2 aliphatic heterocycles. The summed E-state index contributed by atoms with van der Waals surface area (Å²) in [5.41, 5.74) is 2.49. The van der Waals surface area contributed by atoms with Gasteiger partial charge in [-0.1, -0.05) is 23.7 Å². The smallest absolute Gasteiger partial charge is 0.292 e. The van der Waals surface area contributed by atoms with Crippen molar-refractivity contribution in [2.75, 3.05) is 74.2 Å². The van der Waals surface area contributed by atoms with Crippen molar-refractivity contribution < 1.29 is 18.1 Å². The van der Waals surface area contributed by atoms with E-state index in [4.69, 9.17) is 16.3 Å². The summed E-state index contributed by atoms with van der Waals surface area (Å²) in [5, 5.41) is 12.4. The fourth-order valence-corrected chi connectivity index (χ4v) is 6.69. The van der Waals surface area contributed by atoms with Crippen molar-refractivity contribution in [3.8, 4) is 5.75 Å². The minimum Gasteiger partial charge on any atom is -0.495 e. The van der Waals surface area contributed by atoms with Gasteiger partial charge in [-0.25, -0.2) is 8.42 Å². The van der Waals surface area contributed by atoms with Crippen LogP contribution in [0.25, 0.3) is 0 Å². The summed E-state index contributed by atoms with van der Waals surface area (Å²) >= 11 is 5.91. The Labute approximate surface area is 233 Å². The van der Waals surface area contributed by atoms with E-state index in [0.717, 1.165) is 17.1 Å². The van der Waals surface area contributed by atoms with Crippen LogP contribution in [0.1, 0.15) is 0 Å². The van der Waals surface area contributed by atoms with Crippen molar-refractivity contribution in [2.24, 2.45) is 0 Å². The van der Waals surface area contributed by atoms with E-state index in [1.165, 1.54) is 16.4 Å². The summed E-state index contributed by atoms with van der Waals surface area (Å²) in [6.07, 6.45) is 0. The number of hydrogen-bond donors (Lipinski definition) is 0. The first-order chi connectivity index (χ1) is 18.8. The molecule has 0 unspecified atom stereocenters. The molecule has 2 fully saturated rings. The quantitative estimate of drug-likeness (QED) is 0.309. The monoisotopic (exact) mass is 571 g/mol. The van der Waals surface area contributed by atoms with Crippen LogP contribution in [-0.2, 0) is 10.0 Å². The van der Waals surface area contributed by atoms with Gasteiger partial charge in [0, 0.05) is 69.1 Å². The molecule has 2 saturated heterocycles. The van der Waals surface area contributed by atoms with Gasteiger partial charge in [-0.15, -0.1) is 0 Å². The molecule has 3 aromatic carbocycles. The second kappa shape index (κ2) is 11.3. The van der Waals surface area contributed by atoms with Crippen LogP contribution in [0.15, 0.2) is 71.6 Å². The van der Waals surface area contributed by atoms with Crippen molar-refractivity contribution >= 4 is 44.4 Å². The van der Waals surface area contributed by atoms with Gasteiger partial charge in [0.2, 0.25) is 10.0 Å². The lowest BCUT2D eigenvalue weighted by molar-refractivity contribution is -0.384. The molecule has 10 nitrogen and oxygen atoms in total. The normalized spacial score (nSPS) is 16.8. The van der Waals surface area contributed by atoms with Gasteiger partial charge < -0.3 is 19.4 Å². The molecule has 12 heteroatoms. The number of sulfonamides is 1. The van der Waals surface area contributed by atoms with Crippen molar-refractivity contribution in [3.05, 3.63) is 81.9 Å². The van der Waals surface area contributed by atoms with Crippen molar-refractivity contribution in [1.82, 2.24) is 4.31 Å². The van der Waals surface area contributed by atoms with Gasteiger partial charge in [0.25, 0.3) is 5.69 Å². The molecule has 2 heterocycles. The highest BCUT2D eigenvalue weighted by atomic mass is 35.5. The Bertz CT molecular complexity index is 1440. The van der Waals surface area contributed by atoms with E-state index in [0.29, 0.717) is 63.1 Å². The Kier molecular flexibility index (Phi) is 7.83. The number of ether oxygens (including phenoxy) is 1. The van der Waals surface area contributed by atoms with Gasteiger partial charge in [0.15, 0.2) is 0 Å². The number of methoxy groups -OCH3 is 1. The van der Waals surface area contributed by atoms with E-state index in [1.807, 2.05) is 30.3 Å². The summed E-state index contributed by atoms with van der Waals surface area (Å²) in [6, 6.07) is 19.2. The topological polar surface area (TPSA) is 99.5 Å². The zero-order valence-corrected chi connectivity index (χ0v) is 23.1. The van der Waals surface area contributed by atoms with Crippen LogP contribution >= 0.6 is 11.6 Å². The minimum atomic E-state index is -3.62. The maximum Gasteiger partial charge on any atom is 0.292 e. The molecule has 0 amide bonds. The lowest BCUT2D eigenvalue weighted by atomic mass is 10.1. The average Bonchev–Trinajstić information content (AvgIpc) is 2.97. The molecule has 206 valence electrons. The molecule has 0 aliphatic carbocycles. The molecular formula is C27H30ClN5O5S. The molecule has 0 radical (unpaired) electrons. The molecule has 2 aliphatic rings. The predicted molar refractivity (Wildman–Crippen MR) is 153 cm³/mol. The number of nitro groups is 1. The number of piperazine rings is 2. The first-order valence-corrected chi connectivity index (χ1v) is 14.5. The number of nitro benzene ring substituents is 1. The molecular weight excluding hydrogens is 542 g/mol. The van der Waals surface area contributed by atoms with E-state index in [9.17, 15) is 18.5 Å². The SMILES string of the molecule is COc1ccccc1N1CCN(c2cc(N3CCN(S(=O)(=O)c4ccc(Cl)cc4)CC3)ccc2[N+](=O)[O-])CC1. The zero-order valence-electron chi connectivity index (χ0n) is 21.6. The molecule has 0 saturated carbocycles. The van der Waals surface area contributed by atoms with E-state index in [2.05, 4.69) is 14.7 Å². The Morgan fingerprint density at radius 3 is 2.00 bits per heavy atom. The Hall–Kier alpha value is -3.54. The highest BCUT2D eigenvalue weighted by molar-refractivity contribution is 7.89. The average molecular weight is 572 g/mol. The molecule has 0 bridgehead atoms. The number of rotatable bonds is 7. The summed E-state index contributed by atoms with van der Waals surface area (Å²) in [7, 11) is -1.97. The van der Waals surface area contributed by atoms with Crippen molar-refractivity contribution in [1.29, 1.82) is 0 Å². The fourth-order valence-electron chi connectivity index (χ4n) is 5.14. The predicted octanol–water partition coefficient (Wildman–Crippen LogP) is 4.09. The summed E-state index contributed by atoms with van der Waals surface area (Å²) in [5.74, 6) is 0.802. The maximum absolute atomic E-state index is 13.1. The van der Waals surface area contributed by atoms with Crippen LogP contribution in [0.5, 0.6) is 5.75 Å². The van der Waals surface area contributed by atoms with Crippen LogP contribution in [-0.4, -0.2) is 77.1 Å². The molecule has 0 aromatic heterocycles. The number of hydrogen-bond acceptors (Lipinski definition) is 8. The van der Waals surface area contributed by atoms with Crippen molar-refractivity contribution in [2.45, 2.75) is 4.90 Å². The molecule has 0 N–H and O–H groups in total. The van der Waals surface area contributed by atoms with Crippen LogP contribution < -0.4 is 19.4 Å². The third kappa shape index (κ3) is 5.61. The van der Waals surface area contributed by atoms with E-state index >= 15 is 0 Å².